The molecule has 0 saturated heterocycles. The molecule has 0 bridgehead atoms. The molecule has 0 saturated carbocycles. The summed E-state index contributed by atoms with van der Waals surface area (Å²) in [5.41, 5.74) is 2.19. The van der Waals surface area contributed by atoms with Crippen molar-refractivity contribution < 1.29 is 14.6 Å². The molecule has 0 fully saturated rings. The summed E-state index contributed by atoms with van der Waals surface area (Å²) in [7, 11) is 1.99. The van der Waals surface area contributed by atoms with Gasteiger partial charge >= 0.3 is 5.97 Å². The van der Waals surface area contributed by atoms with Gasteiger partial charge < -0.3 is 14.7 Å². The lowest BCUT2D eigenvalue weighted by atomic mass is 9.98. The normalized spacial score (nSPS) is 18.0. The van der Waals surface area contributed by atoms with Crippen molar-refractivity contribution in [3.05, 3.63) is 23.8 Å². The molecular weight excluding hydrogens is 218 g/mol. The predicted molar refractivity (Wildman–Crippen MR) is 65.9 cm³/mol. The molecule has 1 unspecified atom stereocenters. The molecule has 1 aliphatic rings. The van der Waals surface area contributed by atoms with Crippen molar-refractivity contribution in [2.24, 2.45) is 0 Å². The fourth-order valence-electron chi connectivity index (χ4n) is 2.38. The number of carboxylic acid groups (broad SMARTS) is 1. The first-order valence-electron chi connectivity index (χ1n) is 5.81. The second-order valence-electron chi connectivity index (χ2n) is 4.33. The van der Waals surface area contributed by atoms with E-state index in [1.807, 2.05) is 32.2 Å². The third-order valence-electron chi connectivity index (χ3n) is 3.08. The first kappa shape index (κ1) is 11.8. The standard InChI is InChI=1S/C13H17NO3/c1-3-17-10-4-5-12-11(7-10)9(6-13(15)16)8-14(12)2/h4-5,7,9H,3,6,8H2,1-2H3,(H,15,16). The number of carbonyl (C=O) groups is 1. The van der Waals surface area contributed by atoms with Crippen LogP contribution in [0, 0.1) is 0 Å². The number of likely N-dealkylation sites (N-methyl/N-ethyl adjacent to an activating group) is 1. The molecule has 0 aromatic heterocycles. The Balaban J connectivity index is 2.29. The van der Waals surface area contributed by atoms with Crippen molar-refractivity contribution in [2.45, 2.75) is 19.3 Å². The van der Waals surface area contributed by atoms with E-state index in [1.54, 1.807) is 0 Å². The highest BCUT2D eigenvalue weighted by Gasteiger charge is 2.28. The zero-order valence-electron chi connectivity index (χ0n) is 10.1. The number of carboxylic acids is 1. The molecule has 1 N–H and O–H groups in total. The van der Waals surface area contributed by atoms with Gasteiger partial charge in [-0.05, 0) is 30.7 Å². The molecule has 1 atom stereocenters. The van der Waals surface area contributed by atoms with Gasteiger partial charge in [0.2, 0.25) is 0 Å². The van der Waals surface area contributed by atoms with Crippen molar-refractivity contribution in [3.8, 4) is 5.75 Å². The summed E-state index contributed by atoms with van der Waals surface area (Å²) in [6.45, 7) is 3.32. The molecule has 4 heteroatoms. The number of fused-ring (bicyclic) bond motifs is 1. The molecular formula is C13H17NO3. The minimum Gasteiger partial charge on any atom is -0.494 e. The average molecular weight is 235 g/mol. The highest BCUT2D eigenvalue weighted by Crippen LogP contribution is 2.39. The maximum atomic E-state index is 10.8. The van der Waals surface area contributed by atoms with Crippen molar-refractivity contribution >= 4 is 11.7 Å². The number of benzene rings is 1. The second kappa shape index (κ2) is 4.65. The quantitative estimate of drug-likeness (QED) is 0.868. The van der Waals surface area contributed by atoms with E-state index in [1.165, 1.54) is 0 Å². The monoisotopic (exact) mass is 235 g/mol. The summed E-state index contributed by atoms with van der Waals surface area (Å²) < 4.78 is 5.45. The van der Waals surface area contributed by atoms with Gasteiger partial charge in [-0.15, -0.1) is 0 Å². The highest BCUT2D eigenvalue weighted by molar-refractivity contribution is 5.71. The van der Waals surface area contributed by atoms with Crippen molar-refractivity contribution in [1.29, 1.82) is 0 Å². The lowest BCUT2D eigenvalue weighted by Gasteiger charge is -2.12. The van der Waals surface area contributed by atoms with Crippen LogP contribution in [0.2, 0.25) is 0 Å². The van der Waals surface area contributed by atoms with E-state index in [4.69, 9.17) is 9.84 Å². The van der Waals surface area contributed by atoms with Crippen LogP contribution >= 0.6 is 0 Å². The SMILES string of the molecule is CCOc1ccc2c(c1)C(CC(=O)O)CN2C. The topological polar surface area (TPSA) is 49.8 Å². The van der Waals surface area contributed by atoms with Gasteiger partial charge in [-0.25, -0.2) is 0 Å². The number of nitrogens with zero attached hydrogens (tertiary/aromatic N) is 1. The zero-order valence-corrected chi connectivity index (χ0v) is 10.1. The summed E-state index contributed by atoms with van der Waals surface area (Å²) in [5.74, 6) is 0.128. The van der Waals surface area contributed by atoms with E-state index in [2.05, 4.69) is 4.90 Å². The van der Waals surface area contributed by atoms with Crippen LogP contribution in [0.15, 0.2) is 18.2 Å². The molecule has 1 aliphatic heterocycles. The number of anilines is 1. The average Bonchev–Trinajstić information content (AvgIpc) is 2.55. The molecule has 0 radical (unpaired) electrons. The van der Waals surface area contributed by atoms with Crippen LogP contribution < -0.4 is 9.64 Å². The first-order valence-corrected chi connectivity index (χ1v) is 5.81. The van der Waals surface area contributed by atoms with Gasteiger partial charge in [0.15, 0.2) is 0 Å². The lowest BCUT2D eigenvalue weighted by molar-refractivity contribution is -0.137. The molecule has 0 amide bonds. The highest BCUT2D eigenvalue weighted by atomic mass is 16.5. The summed E-state index contributed by atoms with van der Waals surface area (Å²) in [4.78, 5) is 12.9. The van der Waals surface area contributed by atoms with Crippen molar-refractivity contribution in [1.82, 2.24) is 0 Å². The second-order valence-corrected chi connectivity index (χ2v) is 4.33. The van der Waals surface area contributed by atoms with Crippen LogP contribution in [0.3, 0.4) is 0 Å². The largest absolute Gasteiger partial charge is 0.494 e. The fourth-order valence-corrected chi connectivity index (χ4v) is 2.38. The van der Waals surface area contributed by atoms with Gasteiger partial charge in [-0.3, -0.25) is 4.79 Å². The maximum Gasteiger partial charge on any atom is 0.304 e. The van der Waals surface area contributed by atoms with E-state index in [0.29, 0.717) is 6.61 Å². The Labute approximate surface area is 101 Å². The predicted octanol–water partition coefficient (Wildman–Crippen LogP) is 2.09. The molecule has 0 aliphatic carbocycles. The zero-order chi connectivity index (χ0) is 12.4. The van der Waals surface area contributed by atoms with Gasteiger partial charge in [0.25, 0.3) is 0 Å². The number of rotatable bonds is 4. The van der Waals surface area contributed by atoms with Gasteiger partial charge in [-0.2, -0.15) is 0 Å². The molecule has 1 aromatic carbocycles. The van der Waals surface area contributed by atoms with E-state index >= 15 is 0 Å². The molecule has 92 valence electrons. The summed E-state index contributed by atoms with van der Waals surface area (Å²) in [6.07, 6.45) is 0.174. The molecule has 1 heterocycles. The third kappa shape index (κ3) is 2.35. The van der Waals surface area contributed by atoms with Gasteiger partial charge in [-0.1, -0.05) is 0 Å². The van der Waals surface area contributed by atoms with Crippen molar-refractivity contribution in [2.75, 3.05) is 25.1 Å². The van der Waals surface area contributed by atoms with Crippen LogP contribution in [0.4, 0.5) is 5.69 Å². The van der Waals surface area contributed by atoms with E-state index in [-0.39, 0.29) is 12.3 Å². The van der Waals surface area contributed by atoms with Gasteiger partial charge in [0.1, 0.15) is 5.75 Å². The van der Waals surface area contributed by atoms with Gasteiger partial charge in [0, 0.05) is 25.2 Å². The first-order chi connectivity index (χ1) is 8.11. The van der Waals surface area contributed by atoms with Crippen molar-refractivity contribution in [3.63, 3.8) is 0 Å². The van der Waals surface area contributed by atoms with Crippen LogP contribution in [0.25, 0.3) is 0 Å². The van der Waals surface area contributed by atoms with Gasteiger partial charge in [0.05, 0.1) is 13.0 Å². The third-order valence-corrected chi connectivity index (χ3v) is 3.08. The van der Waals surface area contributed by atoms with Crippen LogP contribution in [0.5, 0.6) is 5.75 Å². The van der Waals surface area contributed by atoms with Crippen LogP contribution in [0.1, 0.15) is 24.8 Å². The molecule has 0 spiro atoms. The van der Waals surface area contributed by atoms with Crippen LogP contribution in [-0.2, 0) is 4.79 Å². The number of hydrogen-bond acceptors (Lipinski definition) is 3. The molecule has 4 nitrogen and oxygen atoms in total. The van der Waals surface area contributed by atoms with Crippen LogP contribution in [-0.4, -0.2) is 31.3 Å². The number of ether oxygens (including phenoxy) is 1. The minimum atomic E-state index is -0.752. The smallest absolute Gasteiger partial charge is 0.304 e. The van der Waals surface area contributed by atoms with E-state index < -0.39 is 5.97 Å². The number of aliphatic carboxylic acids is 1. The fraction of sp³-hybridized carbons (Fsp3) is 0.462. The Morgan fingerprint density at radius 2 is 2.35 bits per heavy atom. The summed E-state index contributed by atoms with van der Waals surface area (Å²) in [5, 5.41) is 8.91. The Morgan fingerprint density at radius 3 is 3.00 bits per heavy atom. The number of hydrogen-bond donors (Lipinski definition) is 1. The molecule has 1 aromatic rings. The Hall–Kier alpha value is -1.71. The summed E-state index contributed by atoms with van der Waals surface area (Å²) >= 11 is 0. The Bertz CT molecular complexity index is 431. The lowest BCUT2D eigenvalue weighted by Crippen LogP contribution is -2.16. The molecule has 2 rings (SSSR count). The molecule has 17 heavy (non-hydrogen) atoms. The Kier molecular flexibility index (Phi) is 3.22. The minimum absolute atomic E-state index is 0.0629. The van der Waals surface area contributed by atoms with E-state index in [9.17, 15) is 4.79 Å². The Morgan fingerprint density at radius 1 is 1.59 bits per heavy atom. The van der Waals surface area contributed by atoms with E-state index in [0.717, 1.165) is 23.5 Å². The maximum absolute atomic E-state index is 10.8. The summed E-state index contributed by atoms with van der Waals surface area (Å²) in [6, 6.07) is 5.90.